The molecule has 0 aromatic heterocycles. The van der Waals surface area contributed by atoms with E-state index < -0.39 is 108 Å². The molecule has 0 spiro atoms. The lowest BCUT2D eigenvalue weighted by Gasteiger charge is -2.72. The van der Waals surface area contributed by atoms with Crippen molar-refractivity contribution >= 4 is 0 Å². The molecular weight excluding hydrogens is 728 g/mol. The summed E-state index contributed by atoms with van der Waals surface area (Å²) >= 11 is 0. The second kappa shape index (κ2) is 14.5. The fourth-order valence-corrected chi connectivity index (χ4v) is 14.1. The third kappa shape index (κ3) is 6.49. The fraction of sp³-hybridized carbons (Fsp3) is 1.00. The number of ether oxygens (including phenoxy) is 5. The van der Waals surface area contributed by atoms with E-state index in [-0.39, 0.29) is 40.6 Å². The maximum Gasteiger partial charge on any atom is 0.187 e. The summed E-state index contributed by atoms with van der Waals surface area (Å²) in [7, 11) is 0. The van der Waals surface area contributed by atoms with E-state index in [0.717, 1.165) is 25.7 Å². The molecule has 324 valence electrons. The van der Waals surface area contributed by atoms with Crippen LogP contribution < -0.4 is 0 Å². The molecule has 0 bridgehead atoms. The highest BCUT2D eigenvalue weighted by Crippen LogP contribution is 2.76. The van der Waals surface area contributed by atoms with Crippen LogP contribution in [0.15, 0.2) is 0 Å². The third-order valence-corrected chi connectivity index (χ3v) is 17.3. The average Bonchev–Trinajstić information content (AvgIpc) is 3.71. The molecule has 0 aromatic rings. The van der Waals surface area contributed by atoms with Crippen molar-refractivity contribution in [2.24, 2.45) is 45.3 Å². The van der Waals surface area contributed by atoms with E-state index in [1.807, 2.05) is 0 Å². The molecule has 14 heteroatoms. The van der Waals surface area contributed by atoms with Gasteiger partial charge in [0.2, 0.25) is 0 Å². The lowest BCUT2D eigenvalue weighted by molar-refractivity contribution is -0.372. The summed E-state index contributed by atoms with van der Waals surface area (Å²) in [5.74, 6) is -0.166. The van der Waals surface area contributed by atoms with Crippen LogP contribution in [0.1, 0.15) is 114 Å². The van der Waals surface area contributed by atoms with Crippen LogP contribution in [0.5, 0.6) is 0 Å². The maximum atomic E-state index is 12.4. The SMILES string of the molecule is CC1OC(OC2C(CO)OC(OC3CC4(C)C(CC(O)C5C(C6(C)CCC(C(C)(C)O)O6)CCC54C)C4(C)CCC(O)C(C)(C)C34)C(O)C2O)C(O)C(O)C1O. The molecule has 9 N–H and O–H groups in total. The van der Waals surface area contributed by atoms with Crippen LogP contribution in [0.4, 0.5) is 0 Å². The number of fused-ring (bicyclic) bond motifs is 5. The summed E-state index contributed by atoms with van der Waals surface area (Å²) in [5, 5.41) is 99.6. The summed E-state index contributed by atoms with van der Waals surface area (Å²) < 4.78 is 31.4. The van der Waals surface area contributed by atoms with Crippen molar-refractivity contribution in [1.29, 1.82) is 0 Å². The Morgan fingerprint density at radius 3 is 2.00 bits per heavy atom. The van der Waals surface area contributed by atoms with Gasteiger partial charge in [-0.05, 0) is 124 Å². The van der Waals surface area contributed by atoms with Gasteiger partial charge < -0.3 is 69.6 Å². The first-order valence-electron chi connectivity index (χ1n) is 21.2. The monoisotopic (exact) mass is 800 g/mol. The topological polar surface area (TPSA) is 228 Å². The van der Waals surface area contributed by atoms with Crippen molar-refractivity contribution in [1.82, 2.24) is 0 Å². The molecule has 7 fully saturated rings. The molecule has 7 rings (SSSR count). The van der Waals surface area contributed by atoms with E-state index >= 15 is 0 Å². The second-order valence-electron chi connectivity index (χ2n) is 21.2. The van der Waals surface area contributed by atoms with Gasteiger partial charge in [-0.3, -0.25) is 0 Å². The van der Waals surface area contributed by atoms with Crippen LogP contribution in [0.25, 0.3) is 0 Å². The maximum absolute atomic E-state index is 12.4. The van der Waals surface area contributed by atoms with Crippen LogP contribution in [0, 0.1) is 45.3 Å². The first-order chi connectivity index (χ1) is 25.9. The zero-order valence-corrected chi connectivity index (χ0v) is 34.8. The summed E-state index contributed by atoms with van der Waals surface area (Å²) in [6.45, 7) is 17.6. The predicted molar refractivity (Wildman–Crippen MR) is 200 cm³/mol. The van der Waals surface area contributed by atoms with E-state index in [2.05, 4.69) is 41.5 Å². The second-order valence-corrected chi connectivity index (χ2v) is 21.2. The Bertz CT molecular complexity index is 1420. The summed E-state index contributed by atoms with van der Waals surface area (Å²) in [4.78, 5) is 0. The molecule has 0 aromatic carbocycles. The normalized spacial score (nSPS) is 57.3. The van der Waals surface area contributed by atoms with Crippen molar-refractivity contribution in [3.8, 4) is 0 Å². The Morgan fingerprint density at radius 2 is 1.38 bits per heavy atom. The minimum Gasteiger partial charge on any atom is -0.394 e. The van der Waals surface area contributed by atoms with Crippen molar-refractivity contribution in [2.75, 3.05) is 6.61 Å². The van der Waals surface area contributed by atoms with Gasteiger partial charge in [0, 0.05) is 0 Å². The highest BCUT2D eigenvalue weighted by atomic mass is 16.7. The van der Waals surface area contributed by atoms with Gasteiger partial charge in [0.1, 0.15) is 42.7 Å². The van der Waals surface area contributed by atoms with Gasteiger partial charge in [-0.1, -0.05) is 34.6 Å². The molecule has 56 heavy (non-hydrogen) atoms. The summed E-state index contributed by atoms with van der Waals surface area (Å²) in [6.07, 6.45) is -10.7. The molecule has 3 saturated heterocycles. The average molecular weight is 801 g/mol. The molecule has 7 aliphatic rings. The zero-order valence-electron chi connectivity index (χ0n) is 34.8. The van der Waals surface area contributed by atoms with E-state index in [1.165, 1.54) is 6.92 Å². The molecule has 22 unspecified atom stereocenters. The Balaban J connectivity index is 1.19. The van der Waals surface area contributed by atoms with Crippen LogP contribution >= 0.6 is 0 Å². The Morgan fingerprint density at radius 1 is 0.732 bits per heavy atom. The van der Waals surface area contributed by atoms with Gasteiger partial charge in [0.25, 0.3) is 0 Å². The van der Waals surface area contributed by atoms with Crippen molar-refractivity contribution in [3.63, 3.8) is 0 Å². The van der Waals surface area contributed by atoms with Gasteiger partial charge in [-0.25, -0.2) is 0 Å². The first kappa shape index (κ1) is 43.5. The molecule has 4 aliphatic carbocycles. The van der Waals surface area contributed by atoms with Gasteiger partial charge in [-0.15, -0.1) is 0 Å². The smallest absolute Gasteiger partial charge is 0.187 e. The van der Waals surface area contributed by atoms with Crippen LogP contribution in [0.2, 0.25) is 0 Å². The highest BCUT2D eigenvalue weighted by molar-refractivity contribution is 5.22. The van der Waals surface area contributed by atoms with Crippen molar-refractivity contribution < 1.29 is 69.6 Å². The largest absolute Gasteiger partial charge is 0.394 e. The molecule has 3 aliphatic heterocycles. The van der Waals surface area contributed by atoms with E-state index in [1.54, 1.807) is 13.8 Å². The molecule has 4 saturated carbocycles. The Kier molecular flexibility index (Phi) is 11.3. The molecule has 0 amide bonds. The molecule has 14 nitrogen and oxygen atoms in total. The minimum atomic E-state index is -1.67. The fourth-order valence-electron chi connectivity index (χ4n) is 14.1. The molecule has 3 heterocycles. The number of aliphatic hydroxyl groups is 9. The standard InChI is InChI=1S/C42H72O14/c1-19-28(46)29(47)31(49)35(52-19)55-33-23(18-43)54-36(32(50)30(33)48)53-22-17-41(8)24(39(6)13-11-25(45)37(2,3)34(22)39)16-21(44)27-20(10-14-40(27,41)7)42(9)15-12-26(56-42)38(4,5)51/h19-36,43-51H,10-18H2,1-9H3. The van der Waals surface area contributed by atoms with Crippen molar-refractivity contribution in [3.05, 3.63) is 0 Å². The van der Waals surface area contributed by atoms with Crippen LogP contribution in [-0.2, 0) is 23.7 Å². The quantitative estimate of drug-likeness (QED) is 0.166. The lowest BCUT2D eigenvalue weighted by atomic mass is 9.34. The van der Waals surface area contributed by atoms with Crippen molar-refractivity contribution in [2.45, 2.75) is 211 Å². The highest BCUT2D eigenvalue weighted by Gasteiger charge is 2.74. The Labute approximate surface area is 331 Å². The predicted octanol–water partition coefficient (Wildman–Crippen LogP) is 1.36. The zero-order chi connectivity index (χ0) is 41.3. The van der Waals surface area contributed by atoms with Gasteiger partial charge in [0.15, 0.2) is 12.6 Å². The summed E-state index contributed by atoms with van der Waals surface area (Å²) in [6, 6.07) is 0. The van der Waals surface area contributed by atoms with E-state index in [4.69, 9.17) is 23.7 Å². The number of hydrogen-bond donors (Lipinski definition) is 9. The summed E-state index contributed by atoms with van der Waals surface area (Å²) in [5.41, 5.74) is -3.23. The van der Waals surface area contributed by atoms with Crippen LogP contribution in [-0.4, -0.2) is 150 Å². The third-order valence-electron chi connectivity index (χ3n) is 17.3. The molecular formula is C42H72O14. The van der Waals surface area contributed by atoms with Gasteiger partial charge in [0.05, 0.1) is 48.3 Å². The number of rotatable bonds is 7. The van der Waals surface area contributed by atoms with Gasteiger partial charge in [-0.2, -0.15) is 0 Å². The Hall–Kier alpha value is -0.560. The lowest BCUT2D eigenvalue weighted by Crippen LogP contribution is -2.71. The minimum absolute atomic E-state index is 0.0714. The molecule has 0 radical (unpaired) electrons. The number of hydrogen-bond acceptors (Lipinski definition) is 14. The van der Waals surface area contributed by atoms with Gasteiger partial charge >= 0.3 is 0 Å². The van der Waals surface area contributed by atoms with E-state index in [9.17, 15) is 46.0 Å². The van der Waals surface area contributed by atoms with Crippen LogP contribution in [0.3, 0.4) is 0 Å². The number of aliphatic hydroxyl groups excluding tert-OH is 8. The first-order valence-corrected chi connectivity index (χ1v) is 21.2. The molecule has 22 atom stereocenters. The van der Waals surface area contributed by atoms with E-state index in [0.29, 0.717) is 25.7 Å².